The summed E-state index contributed by atoms with van der Waals surface area (Å²) in [6.07, 6.45) is 2.41. The van der Waals surface area contributed by atoms with E-state index in [9.17, 15) is 9.59 Å². The molecule has 1 aromatic carbocycles. The molecule has 0 aromatic heterocycles. The Hall–Kier alpha value is -2.08. The summed E-state index contributed by atoms with van der Waals surface area (Å²) in [5.41, 5.74) is 7.03. The third-order valence-corrected chi connectivity index (χ3v) is 5.67. The highest BCUT2D eigenvalue weighted by Gasteiger charge is 2.27. The number of piperazine rings is 1. The number of piperidine rings is 1. The number of carbonyl (C=O) groups is 2. The summed E-state index contributed by atoms with van der Waals surface area (Å²) in [6, 6.07) is 7.14. The van der Waals surface area contributed by atoms with Gasteiger partial charge in [-0.15, -0.1) is 0 Å². The normalized spacial score (nSPS) is 19.6. The lowest BCUT2D eigenvalue weighted by Gasteiger charge is -2.36. The number of hydrogen-bond donors (Lipinski definition) is 1. The Labute approximate surface area is 155 Å². The van der Waals surface area contributed by atoms with E-state index in [-0.39, 0.29) is 11.8 Å². The number of rotatable bonds is 4. The fourth-order valence-corrected chi connectivity index (χ4v) is 3.88. The molecule has 2 saturated heterocycles. The molecule has 0 aliphatic carbocycles. The summed E-state index contributed by atoms with van der Waals surface area (Å²) in [7, 11) is 0. The second-order valence-electron chi connectivity index (χ2n) is 7.38. The molecular weight excluding hydrogens is 328 g/mol. The number of nitrogens with zero attached hydrogens (tertiary/aromatic N) is 3. The number of anilines is 1. The number of carbonyl (C=O) groups excluding carboxylic acids is 2. The number of likely N-dealkylation sites (N-methyl/N-ethyl adjacent to an activating group) is 1. The Kier molecular flexibility index (Phi) is 6.14. The van der Waals surface area contributed by atoms with Crippen LogP contribution in [0.3, 0.4) is 0 Å². The van der Waals surface area contributed by atoms with E-state index in [1.165, 1.54) is 0 Å². The molecule has 142 valence electrons. The van der Waals surface area contributed by atoms with Crippen LogP contribution in [0.25, 0.3) is 0 Å². The molecule has 0 spiro atoms. The fraction of sp³-hybridized carbons (Fsp3) is 0.600. The van der Waals surface area contributed by atoms with Gasteiger partial charge < -0.3 is 20.4 Å². The minimum Gasteiger partial charge on any atom is -0.399 e. The Morgan fingerprint density at radius 2 is 1.73 bits per heavy atom. The molecule has 0 atom stereocenters. The average Bonchev–Trinajstić information content (AvgIpc) is 2.68. The van der Waals surface area contributed by atoms with E-state index >= 15 is 0 Å². The van der Waals surface area contributed by atoms with E-state index in [0.29, 0.717) is 23.6 Å². The maximum Gasteiger partial charge on any atom is 0.253 e. The zero-order valence-corrected chi connectivity index (χ0v) is 15.7. The van der Waals surface area contributed by atoms with Crippen LogP contribution in [0.15, 0.2) is 24.3 Å². The highest BCUT2D eigenvalue weighted by atomic mass is 16.2. The van der Waals surface area contributed by atoms with Crippen molar-refractivity contribution in [3.8, 4) is 0 Å². The van der Waals surface area contributed by atoms with Gasteiger partial charge in [-0.1, -0.05) is 13.0 Å². The van der Waals surface area contributed by atoms with E-state index in [4.69, 9.17) is 5.73 Å². The third kappa shape index (κ3) is 4.55. The largest absolute Gasteiger partial charge is 0.399 e. The fourth-order valence-electron chi connectivity index (χ4n) is 3.88. The predicted molar refractivity (Wildman–Crippen MR) is 103 cm³/mol. The molecule has 2 aliphatic heterocycles. The SMILES string of the molecule is CCN1CCN(C(=O)CC2CCN(C(=O)c3cccc(N)c3)CC2)CC1. The molecule has 1 aromatic rings. The highest BCUT2D eigenvalue weighted by molar-refractivity contribution is 5.95. The third-order valence-electron chi connectivity index (χ3n) is 5.67. The smallest absolute Gasteiger partial charge is 0.253 e. The Morgan fingerprint density at radius 1 is 1.04 bits per heavy atom. The van der Waals surface area contributed by atoms with Gasteiger partial charge in [0.25, 0.3) is 5.91 Å². The molecule has 0 unspecified atom stereocenters. The standard InChI is InChI=1S/C20H30N4O2/c1-2-22-10-12-23(13-11-22)19(25)14-16-6-8-24(9-7-16)20(26)17-4-3-5-18(21)15-17/h3-5,15-16H,2,6-14,21H2,1H3. The van der Waals surface area contributed by atoms with Gasteiger partial charge in [-0.25, -0.2) is 0 Å². The average molecular weight is 358 g/mol. The first-order chi connectivity index (χ1) is 12.6. The van der Waals surface area contributed by atoms with Crippen molar-refractivity contribution in [2.45, 2.75) is 26.2 Å². The molecule has 2 N–H and O–H groups in total. The quantitative estimate of drug-likeness (QED) is 0.832. The van der Waals surface area contributed by atoms with E-state index in [0.717, 1.165) is 58.7 Å². The van der Waals surface area contributed by atoms with Gasteiger partial charge in [0, 0.05) is 56.9 Å². The van der Waals surface area contributed by atoms with Crippen molar-refractivity contribution in [2.75, 3.05) is 51.5 Å². The molecule has 26 heavy (non-hydrogen) atoms. The van der Waals surface area contributed by atoms with Gasteiger partial charge in [-0.2, -0.15) is 0 Å². The monoisotopic (exact) mass is 358 g/mol. The van der Waals surface area contributed by atoms with Gasteiger partial charge in [-0.05, 0) is 43.5 Å². The molecule has 2 amide bonds. The Morgan fingerprint density at radius 3 is 2.35 bits per heavy atom. The van der Waals surface area contributed by atoms with Crippen molar-refractivity contribution in [1.29, 1.82) is 0 Å². The highest BCUT2D eigenvalue weighted by Crippen LogP contribution is 2.23. The van der Waals surface area contributed by atoms with Crippen molar-refractivity contribution in [1.82, 2.24) is 14.7 Å². The minimum atomic E-state index is 0.0396. The van der Waals surface area contributed by atoms with Gasteiger partial charge in [0.15, 0.2) is 0 Å². The van der Waals surface area contributed by atoms with Gasteiger partial charge in [-0.3, -0.25) is 9.59 Å². The lowest BCUT2D eigenvalue weighted by molar-refractivity contribution is -0.134. The van der Waals surface area contributed by atoms with Crippen molar-refractivity contribution in [3.63, 3.8) is 0 Å². The Balaban J connectivity index is 1.45. The molecule has 3 rings (SSSR count). The van der Waals surface area contributed by atoms with Crippen LogP contribution in [-0.4, -0.2) is 72.3 Å². The zero-order valence-electron chi connectivity index (χ0n) is 15.7. The molecule has 2 aliphatic rings. The zero-order chi connectivity index (χ0) is 18.5. The van der Waals surface area contributed by atoms with E-state index in [1.807, 2.05) is 21.9 Å². The van der Waals surface area contributed by atoms with Crippen LogP contribution in [0.1, 0.15) is 36.5 Å². The van der Waals surface area contributed by atoms with Crippen LogP contribution < -0.4 is 5.73 Å². The molecule has 0 saturated carbocycles. The van der Waals surface area contributed by atoms with Crippen LogP contribution in [0.5, 0.6) is 0 Å². The summed E-state index contributed by atoms with van der Waals surface area (Å²) in [6.45, 7) is 8.31. The van der Waals surface area contributed by atoms with E-state index in [2.05, 4.69) is 11.8 Å². The molecule has 0 radical (unpaired) electrons. The van der Waals surface area contributed by atoms with Crippen molar-refractivity contribution >= 4 is 17.5 Å². The van der Waals surface area contributed by atoms with Gasteiger partial charge in [0.2, 0.25) is 5.91 Å². The van der Waals surface area contributed by atoms with Crippen molar-refractivity contribution in [3.05, 3.63) is 29.8 Å². The molecule has 2 fully saturated rings. The number of likely N-dealkylation sites (tertiary alicyclic amines) is 1. The van der Waals surface area contributed by atoms with Crippen LogP contribution in [0.2, 0.25) is 0 Å². The first kappa shape index (κ1) is 18.7. The first-order valence-electron chi connectivity index (χ1n) is 9.71. The number of hydrogen-bond acceptors (Lipinski definition) is 4. The summed E-state index contributed by atoms with van der Waals surface area (Å²) >= 11 is 0. The molecule has 0 bridgehead atoms. The summed E-state index contributed by atoms with van der Waals surface area (Å²) in [5.74, 6) is 0.704. The molecule has 2 heterocycles. The minimum absolute atomic E-state index is 0.0396. The van der Waals surface area contributed by atoms with E-state index < -0.39 is 0 Å². The number of benzene rings is 1. The number of nitrogens with two attached hydrogens (primary N) is 1. The first-order valence-corrected chi connectivity index (χ1v) is 9.71. The van der Waals surface area contributed by atoms with Gasteiger partial charge >= 0.3 is 0 Å². The maximum atomic E-state index is 12.6. The van der Waals surface area contributed by atoms with Crippen molar-refractivity contribution < 1.29 is 9.59 Å². The summed E-state index contributed by atoms with van der Waals surface area (Å²) < 4.78 is 0. The van der Waals surface area contributed by atoms with Crippen LogP contribution >= 0.6 is 0 Å². The van der Waals surface area contributed by atoms with Crippen LogP contribution in [0.4, 0.5) is 5.69 Å². The molecule has 6 heteroatoms. The predicted octanol–water partition coefficient (Wildman–Crippen LogP) is 1.68. The second kappa shape index (κ2) is 8.54. The lowest BCUT2D eigenvalue weighted by atomic mass is 9.92. The van der Waals surface area contributed by atoms with Crippen LogP contribution in [-0.2, 0) is 4.79 Å². The second-order valence-corrected chi connectivity index (χ2v) is 7.38. The lowest BCUT2D eigenvalue weighted by Crippen LogP contribution is -2.49. The van der Waals surface area contributed by atoms with Gasteiger partial charge in [0.1, 0.15) is 0 Å². The number of nitrogen functional groups attached to an aromatic ring is 1. The summed E-state index contributed by atoms with van der Waals surface area (Å²) in [4.78, 5) is 31.4. The Bertz CT molecular complexity index is 632. The van der Waals surface area contributed by atoms with E-state index in [1.54, 1.807) is 12.1 Å². The summed E-state index contributed by atoms with van der Waals surface area (Å²) in [5, 5.41) is 0. The van der Waals surface area contributed by atoms with Crippen LogP contribution in [0, 0.1) is 5.92 Å². The molecular formula is C20H30N4O2. The van der Waals surface area contributed by atoms with Gasteiger partial charge in [0.05, 0.1) is 0 Å². The number of amides is 2. The molecule has 6 nitrogen and oxygen atoms in total. The topological polar surface area (TPSA) is 69.9 Å². The van der Waals surface area contributed by atoms with Crippen molar-refractivity contribution in [2.24, 2.45) is 5.92 Å². The maximum absolute atomic E-state index is 12.6.